The van der Waals surface area contributed by atoms with Gasteiger partial charge >= 0.3 is 0 Å². The van der Waals surface area contributed by atoms with E-state index in [9.17, 15) is 0 Å². The van der Waals surface area contributed by atoms with Gasteiger partial charge in [0, 0.05) is 35.7 Å². The molecule has 0 aromatic carbocycles. The summed E-state index contributed by atoms with van der Waals surface area (Å²) >= 11 is 0. The molecule has 1 unspecified atom stereocenters. The fraction of sp³-hybridized carbons (Fsp3) is 0.647. The maximum Gasteiger partial charge on any atom is 0.157 e. The molecule has 3 atom stereocenters. The summed E-state index contributed by atoms with van der Waals surface area (Å²) in [5.74, 6) is 1.16. The molecule has 23 heavy (non-hydrogen) atoms. The number of nitrogens with zero attached hydrogens (tertiary/aromatic N) is 3. The van der Waals surface area contributed by atoms with Crippen molar-refractivity contribution in [2.75, 3.05) is 18.4 Å². The lowest BCUT2D eigenvalue weighted by Gasteiger charge is -2.23. The van der Waals surface area contributed by atoms with Crippen LogP contribution in [0.25, 0.3) is 5.65 Å². The number of aromatic nitrogens is 3. The highest BCUT2D eigenvalue weighted by atomic mass is 15.3. The third-order valence-electron chi connectivity index (χ3n) is 6.05. The van der Waals surface area contributed by atoms with Crippen LogP contribution in [0.3, 0.4) is 0 Å². The summed E-state index contributed by atoms with van der Waals surface area (Å²) in [6.45, 7) is 2.16. The van der Waals surface area contributed by atoms with E-state index in [1.54, 1.807) is 0 Å². The molecule has 1 saturated heterocycles. The first-order valence-electron chi connectivity index (χ1n) is 8.85. The molecule has 3 heterocycles. The lowest BCUT2D eigenvalue weighted by molar-refractivity contribution is 0.458. The van der Waals surface area contributed by atoms with Crippen LogP contribution in [0.4, 0.5) is 5.82 Å². The van der Waals surface area contributed by atoms with E-state index in [4.69, 9.17) is 10.7 Å². The Balaban J connectivity index is 1.62. The largest absolute Gasteiger partial charge is 0.367 e. The van der Waals surface area contributed by atoms with Gasteiger partial charge in [0.15, 0.2) is 5.65 Å². The van der Waals surface area contributed by atoms with E-state index in [0.29, 0.717) is 12.1 Å². The summed E-state index contributed by atoms with van der Waals surface area (Å²) in [4.78, 5) is 5.00. The molecule has 3 aliphatic rings. The molecular weight excluding hydrogens is 288 g/mol. The predicted octanol–water partition coefficient (Wildman–Crippen LogP) is 1.20. The molecule has 2 aromatic heterocycles. The molecule has 4 N–H and O–H groups in total. The van der Waals surface area contributed by atoms with Gasteiger partial charge in [0.05, 0.1) is 11.9 Å². The monoisotopic (exact) mass is 312 g/mol. The highest BCUT2D eigenvalue weighted by Gasteiger charge is 2.44. The van der Waals surface area contributed by atoms with Crippen molar-refractivity contribution < 1.29 is 0 Å². The standard InChI is InChI=1S/C17H24N6/c18-11-1-2-12(9-11)21-16-13-3-5-17(6-8-19-10-17)15(13)22-14-4-7-20-23(14)16/h4,7,11-12,19,21H,1-3,5-6,8-10,18H2/t11-,12-,17?/m0/s1. The predicted molar refractivity (Wildman–Crippen MR) is 89.7 cm³/mol. The van der Waals surface area contributed by atoms with Crippen molar-refractivity contribution in [1.82, 2.24) is 19.9 Å². The number of nitrogens with two attached hydrogens (primary N) is 1. The van der Waals surface area contributed by atoms with Crippen LogP contribution in [-0.2, 0) is 11.8 Å². The van der Waals surface area contributed by atoms with Crippen molar-refractivity contribution in [2.45, 2.75) is 56.0 Å². The van der Waals surface area contributed by atoms with Gasteiger partial charge in [0.25, 0.3) is 0 Å². The fourth-order valence-corrected chi connectivity index (χ4v) is 4.78. The number of fused-ring (bicyclic) bond motifs is 3. The minimum absolute atomic E-state index is 0.240. The van der Waals surface area contributed by atoms with E-state index in [-0.39, 0.29) is 5.41 Å². The molecule has 6 nitrogen and oxygen atoms in total. The molecule has 0 radical (unpaired) electrons. The van der Waals surface area contributed by atoms with Crippen LogP contribution in [0.1, 0.15) is 43.4 Å². The van der Waals surface area contributed by atoms with Gasteiger partial charge in [0.1, 0.15) is 5.82 Å². The van der Waals surface area contributed by atoms with Gasteiger partial charge in [-0.25, -0.2) is 4.98 Å². The zero-order valence-electron chi connectivity index (χ0n) is 13.4. The van der Waals surface area contributed by atoms with Gasteiger partial charge in [-0.1, -0.05) is 0 Å². The molecule has 2 fully saturated rings. The summed E-state index contributed by atoms with van der Waals surface area (Å²) in [5, 5.41) is 11.8. The van der Waals surface area contributed by atoms with Crippen molar-refractivity contribution in [3.8, 4) is 0 Å². The molecule has 2 aromatic rings. The third-order valence-corrected chi connectivity index (χ3v) is 6.05. The van der Waals surface area contributed by atoms with E-state index >= 15 is 0 Å². The first-order chi connectivity index (χ1) is 11.3. The zero-order chi connectivity index (χ0) is 15.4. The van der Waals surface area contributed by atoms with Crippen LogP contribution in [0.5, 0.6) is 0 Å². The fourth-order valence-electron chi connectivity index (χ4n) is 4.78. The molecule has 1 saturated carbocycles. The van der Waals surface area contributed by atoms with Crippen molar-refractivity contribution in [3.63, 3.8) is 0 Å². The average Bonchev–Trinajstić information content (AvgIpc) is 3.30. The minimum atomic E-state index is 0.240. The van der Waals surface area contributed by atoms with Gasteiger partial charge in [-0.15, -0.1) is 0 Å². The van der Waals surface area contributed by atoms with Gasteiger partial charge in [-0.2, -0.15) is 9.61 Å². The highest BCUT2D eigenvalue weighted by Crippen LogP contribution is 2.45. The zero-order valence-corrected chi connectivity index (χ0v) is 13.4. The Hall–Kier alpha value is -1.66. The normalized spacial score (nSPS) is 32.9. The van der Waals surface area contributed by atoms with Gasteiger partial charge in [-0.05, 0) is 45.1 Å². The Morgan fingerprint density at radius 2 is 2.30 bits per heavy atom. The Kier molecular flexibility index (Phi) is 2.94. The Bertz CT molecular complexity index is 745. The van der Waals surface area contributed by atoms with Crippen molar-refractivity contribution >= 4 is 11.5 Å². The van der Waals surface area contributed by atoms with Crippen LogP contribution in [0, 0.1) is 0 Å². The molecule has 6 heteroatoms. The summed E-state index contributed by atoms with van der Waals surface area (Å²) in [6.07, 6.45) is 8.66. The number of nitrogens with one attached hydrogen (secondary N) is 2. The van der Waals surface area contributed by atoms with Crippen molar-refractivity contribution in [1.29, 1.82) is 0 Å². The highest BCUT2D eigenvalue weighted by molar-refractivity contribution is 5.59. The lowest BCUT2D eigenvalue weighted by Crippen LogP contribution is -2.28. The number of rotatable bonds is 2. The third kappa shape index (κ3) is 2.01. The molecule has 1 spiro atoms. The SMILES string of the molecule is N[C@H]1CC[C@H](Nc2c3c(nc4ccnn24)C2(CCNC2)CC3)C1. The smallest absolute Gasteiger partial charge is 0.157 e. The molecule has 2 aliphatic carbocycles. The number of hydrogen-bond donors (Lipinski definition) is 3. The number of hydrogen-bond acceptors (Lipinski definition) is 5. The first-order valence-corrected chi connectivity index (χ1v) is 8.85. The Morgan fingerprint density at radius 3 is 3.09 bits per heavy atom. The summed E-state index contributed by atoms with van der Waals surface area (Å²) in [7, 11) is 0. The van der Waals surface area contributed by atoms with E-state index in [2.05, 4.69) is 15.7 Å². The Morgan fingerprint density at radius 1 is 1.35 bits per heavy atom. The van der Waals surface area contributed by atoms with Gasteiger partial charge < -0.3 is 16.4 Å². The molecule has 5 rings (SSSR count). The quantitative estimate of drug-likeness (QED) is 0.776. The van der Waals surface area contributed by atoms with Crippen molar-refractivity contribution in [2.24, 2.45) is 5.73 Å². The lowest BCUT2D eigenvalue weighted by atomic mass is 9.84. The van der Waals surface area contributed by atoms with Crippen LogP contribution in [0.2, 0.25) is 0 Å². The summed E-state index contributed by atoms with van der Waals surface area (Å²) in [6, 6.07) is 2.81. The minimum Gasteiger partial charge on any atom is -0.367 e. The molecule has 1 aliphatic heterocycles. The molecular formula is C17H24N6. The summed E-state index contributed by atoms with van der Waals surface area (Å²) < 4.78 is 1.99. The second kappa shape index (κ2) is 4.92. The number of anilines is 1. The topological polar surface area (TPSA) is 80.3 Å². The molecule has 0 amide bonds. The van der Waals surface area contributed by atoms with Gasteiger partial charge in [0.2, 0.25) is 0 Å². The van der Waals surface area contributed by atoms with Crippen LogP contribution in [0.15, 0.2) is 12.3 Å². The van der Waals surface area contributed by atoms with Gasteiger partial charge in [-0.3, -0.25) is 0 Å². The van der Waals surface area contributed by atoms with E-state index < -0.39 is 0 Å². The first kappa shape index (κ1) is 13.7. The Labute approximate surface area is 135 Å². The van der Waals surface area contributed by atoms with Crippen LogP contribution in [-0.4, -0.2) is 39.8 Å². The average molecular weight is 312 g/mol. The van der Waals surface area contributed by atoms with E-state index in [1.807, 2.05) is 16.8 Å². The molecule has 0 bridgehead atoms. The maximum absolute atomic E-state index is 6.10. The summed E-state index contributed by atoms with van der Waals surface area (Å²) in [5.41, 5.74) is 9.98. The van der Waals surface area contributed by atoms with E-state index in [1.165, 1.54) is 24.1 Å². The second-order valence-corrected chi connectivity index (χ2v) is 7.51. The van der Waals surface area contributed by atoms with E-state index in [0.717, 1.165) is 50.2 Å². The maximum atomic E-state index is 6.10. The molecule has 122 valence electrons. The van der Waals surface area contributed by atoms with Crippen LogP contribution >= 0.6 is 0 Å². The van der Waals surface area contributed by atoms with Crippen LogP contribution < -0.4 is 16.4 Å². The van der Waals surface area contributed by atoms with Crippen molar-refractivity contribution in [3.05, 3.63) is 23.5 Å². The second-order valence-electron chi connectivity index (χ2n) is 7.51.